The molecule has 2 aliphatic heterocycles. The van der Waals surface area contributed by atoms with Crippen LogP contribution in [0.5, 0.6) is 0 Å². The maximum atomic E-state index is 13.7. The van der Waals surface area contributed by atoms with Gasteiger partial charge in [0.2, 0.25) is 0 Å². The molecule has 1 spiro atoms. The van der Waals surface area contributed by atoms with E-state index in [1.165, 1.54) is 0 Å². The first-order valence-corrected chi connectivity index (χ1v) is 8.69. The lowest BCUT2D eigenvalue weighted by Gasteiger charge is -2.50. The van der Waals surface area contributed by atoms with Crippen molar-refractivity contribution in [2.75, 3.05) is 31.2 Å². The predicted molar refractivity (Wildman–Crippen MR) is 88.0 cm³/mol. The summed E-state index contributed by atoms with van der Waals surface area (Å²) in [6, 6.07) is 1.78. The fourth-order valence-electron chi connectivity index (χ4n) is 4.16. The highest BCUT2D eigenvalue weighted by molar-refractivity contribution is 5.40. The first-order chi connectivity index (χ1) is 12.5. The smallest absolute Gasteiger partial charge is 0.381 e. The Bertz CT molecular complexity index is 743. The van der Waals surface area contributed by atoms with Crippen molar-refractivity contribution in [3.63, 3.8) is 0 Å². The third kappa shape index (κ3) is 3.15. The number of ether oxygens (including phenoxy) is 1. The van der Waals surface area contributed by atoms with Gasteiger partial charge in [-0.3, -0.25) is 4.98 Å². The van der Waals surface area contributed by atoms with E-state index in [9.17, 15) is 13.2 Å². The topological polar surface area (TPSA) is 56.1 Å². The maximum absolute atomic E-state index is 13.7. The quantitative estimate of drug-likeness (QED) is 0.817. The molecule has 0 N–H and O–H groups in total. The Morgan fingerprint density at radius 1 is 1.15 bits per heavy atom. The number of anilines is 1. The van der Waals surface area contributed by atoms with Crippen molar-refractivity contribution < 1.29 is 17.9 Å². The van der Waals surface area contributed by atoms with Gasteiger partial charge in [0.1, 0.15) is 5.82 Å². The molecule has 0 radical (unpaired) electrons. The molecule has 2 saturated heterocycles. The Labute approximate surface area is 149 Å². The summed E-state index contributed by atoms with van der Waals surface area (Å²) in [5.74, 6) is -0.159. The average molecular weight is 367 g/mol. The lowest BCUT2D eigenvalue weighted by atomic mass is 9.66. The molecule has 4 rings (SSSR count). The Morgan fingerprint density at radius 2 is 1.92 bits per heavy atom. The van der Waals surface area contributed by atoms with Crippen molar-refractivity contribution in [3.05, 3.63) is 30.9 Å². The number of hydrogen-bond donors (Lipinski definition) is 0. The van der Waals surface area contributed by atoms with Crippen LogP contribution in [0, 0.1) is 11.3 Å². The molecule has 2 fully saturated rings. The summed E-state index contributed by atoms with van der Waals surface area (Å²) in [7, 11) is 0. The van der Waals surface area contributed by atoms with E-state index in [0.717, 1.165) is 0 Å². The third-order valence-corrected chi connectivity index (χ3v) is 5.49. The normalized spacial score (nSPS) is 23.3. The van der Waals surface area contributed by atoms with Crippen molar-refractivity contribution in [1.82, 2.24) is 19.7 Å². The Morgan fingerprint density at radius 3 is 2.62 bits per heavy atom. The first kappa shape index (κ1) is 17.3. The zero-order valence-corrected chi connectivity index (χ0v) is 14.2. The summed E-state index contributed by atoms with van der Waals surface area (Å²) in [6.45, 7) is 1.38. The van der Waals surface area contributed by atoms with E-state index in [0.29, 0.717) is 50.8 Å². The molecule has 0 aromatic carbocycles. The molecule has 0 bridgehead atoms. The Balaban J connectivity index is 1.62. The fourth-order valence-corrected chi connectivity index (χ4v) is 4.16. The second kappa shape index (κ2) is 6.53. The fraction of sp³-hybridized carbons (Fsp3) is 0.588. The van der Waals surface area contributed by atoms with Crippen LogP contribution in [0.4, 0.5) is 19.0 Å². The van der Waals surface area contributed by atoms with Gasteiger partial charge in [-0.05, 0) is 25.3 Å². The highest BCUT2D eigenvalue weighted by Crippen LogP contribution is 2.51. The highest BCUT2D eigenvalue weighted by atomic mass is 19.4. The SMILES string of the molecule is FC(F)(F)[C@H]1CCN(c2cncc(-n3cccn3)n2)CC12CCOCC2. The lowest BCUT2D eigenvalue weighted by Crippen LogP contribution is -2.55. The van der Waals surface area contributed by atoms with Gasteiger partial charge in [-0.25, -0.2) is 9.67 Å². The van der Waals surface area contributed by atoms with Crippen LogP contribution in [0.3, 0.4) is 0 Å². The molecule has 2 aromatic rings. The van der Waals surface area contributed by atoms with E-state index < -0.39 is 17.5 Å². The molecule has 1 atom stereocenters. The average Bonchev–Trinajstić information content (AvgIpc) is 3.16. The molecule has 2 aliphatic rings. The second-order valence-corrected chi connectivity index (χ2v) is 6.97. The minimum atomic E-state index is -4.19. The van der Waals surface area contributed by atoms with Crippen molar-refractivity contribution >= 4 is 5.82 Å². The van der Waals surface area contributed by atoms with Crippen molar-refractivity contribution in [1.29, 1.82) is 0 Å². The summed E-state index contributed by atoms with van der Waals surface area (Å²) >= 11 is 0. The van der Waals surface area contributed by atoms with Gasteiger partial charge in [0.15, 0.2) is 5.82 Å². The largest absolute Gasteiger partial charge is 0.392 e. The van der Waals surface area contributed by atoms with Gasteiger partial charge in [0, 0.05) is 44.1 Å². The minimum Gasteiger partial charge on any atom is -0.381 e. The van der Waals surface area contributed by atoms with E-state index in [2.05, 4.69) is 15.1 Å². The van der Waals surface area contributed by atoms with E-state index in [1.54, 1.807) is 35.5 Å². The van der Waals surface area contributed by atoms with Crippen LogP contribution in [-0.4, -0.2) is 52.2 Å². The summed E-state index contributed by atoms with van der Waals surface area (Å²) in [4.78, 5) is 10.7. The number of aromatic nitrogens is 4. The molecule has 4 heterocycles. The van der Waals surface area contributed by atoms with Crippen LogP contribution < -0.4 is 4.90 Å². The number of alkyl halides is 3. The van der Waals surface area contributed by atoms with Crippen molar-refractivity contribution in [2.24, 2.45) is 11.3 Å². The number of halogens is 3. The number of hydrogen-bond acceptors (Lipinski definition) is 5. The molecule has 0 unspecified atom stereocenters. The van der Waals surface area contributed by atoms with Crippen LogP contribution in [0.2, 0.25) is 0 Å². The van der Waals surface area contributed by atoms with Crippen LogP contribution in [-0.2, 0) is 4.74 Å². The Kier molecular flexibility index (Phi) is 4.34. The molecule has 140 valence electrons. The first-order valence-electron chi connectivity index (χ1n) is 8.69. The highest BCUT2D eigenvalue weighted by Gasteiger charge is 2.56. The molecule has 2 aromatic heterocycles. The van der Waals surface area contributed by atoms with Gasteiger partial charge in [0.05, 0.1) is 18.3 Å². The molecular formula is C17H20F3N5O. The molecule has 26 heavy (non-hydrogen) atoms. The summed E-state index contributed by atoms with van der Waals surface area (Å²) in [5.41, 5.74) is -0.821. The van der Waals surface area contributed by atoms with Crippen LogP contribution >= 0.6 is 0 Å². The molecular weight excluding hydrogens is 347 g/mol. The maximum Gasteiger partial charge on any atom is 0.392 e. The predicted octanol–water partition coefficient (Wildman–Crippen LogP) is 2.85. The zero-order chi connectivity index (χ0) is 18.2. The van der Waals surface area contributed by atoms with E-state index in [1.807, 2.05) is 4.90 Å². The van der Waals surface area contributed by atoms with Gasteiger partial charge in [-0.15, -0.1) is 0 Å². The summed E-state index contributed by atoms with van der Waals surface area (Å²) < 4.78 is 47.9. The number of rotatable bonds is 2. The zero-order valence-electron chi connectivity index (χ0n) is 14.2. The van der Waals surface area contributed by atoms with Gasteiger partial charge in [0.25, 0.3) is 0 Å². The van der Waals surface area contributed by atoms with E-state index in [4.69, 9.17) is 4.74 Å². The molecule has 0 amide bonds. The third-order valence-electron chi connectivity index (χ3n) is 5.49. The molecule has 0 saturated carbocycles. The standard InChI is InChI=1S/C17H20F3N5O/c18-17(19,20)13-2-7-24(12-16(13)3-8-26-9-4-16)14-10-21-11-15(23-14)25-6-1-5-22-25/h1,5-6,10-11,13H,2-4,7-9,12H2/t13-/m0/s1. The van der Waals surface area contributed by atoms with Gasteiger partial charge in [-0.1, -0.05) is 0 Å². The van der Waals surface area contributed by atoms with Gasteiger partial charge < -0.3 is 9.64 Å². The summed E-state index contributed by atoms with van der Waals surface area (Å²) in [5, 5.41) is 4.13. The second-order valence-electron chi connectivity index (χ2n) is 6.97. The van der Waals surface area contributed by atoms with Crippen LogP contribution in [0.15, 0.2) is 30.9 Å². The number of piperidine rings is 1. The van der Waals surface area contributed by atoms with Gasteiger partial charge >= 0.3 is 6.18 Å². The summed E-state index contributed by atoms with van der Waals surface area (Å²) in [6.07, 6.45) is 3.30. The lowest BCUT2D eigenvalue weighted by molar-refractivity contribution is -0.223. The monoisotopic (exact) mass is 367 g/mol. The van der Waals surface area contributed by atoms with E-state index >= 15 is 0 Å². The van der Waals surface area contributed by atoms with E-state index in [-0.39, 0.29) is 6.42 Å². The molecule has 0 aliphatic carbocycles. The minimum absolute atomic E-state index is 0.0666. The molecule has 9 heteroatoms. The number of nitrogens with zero attached hydrogens (tertiary/aromatic N) is 5. The van der Waals surface area contributed by atoms with Crippen molar-refractivity contribution in [3.8, 4) is 5.82 Å². The molecule has 6 nitrogen and oxygen atoms in total. The van der Waals surface area contributed by atoms with Gasteiger partial charge in [-0.2, -0.15) is 18.3 Å². The van der Waals surface area contributed by atoms with Crippen LogP contribution in [0.25, 0.3) is 5.82 Å². The van der Waals surface area contributed by atoms with Crippen LogP contribution in [0.1, 0.15) is 19.3 Å². The Hall–Kier alpha value is -2.16. The van der Waals surface area contributed by atoms with Crippen molar-refractivity contribution in [2.45, 2.75) is 25.4 Å².